The van der Waals surface area contributed by atoms with Crippen LogP contribution in [0.5, 0.6) is 5.75 Å². The summed E-state index contributed by atoms with van der Waals surface area (Å²) in [4.78, 5) is 13.0. The number of allylic oxidation sites excluding steroid dienone is 4. The standard InChI is InChI=1S/C40H52O3/c41-35-24-21-32(22-25-35)36-27-30-18-19-33-20-23-34-16-9-10-26-40(34,38(33)28-30)37(39(42)43)17-8-7-15-31(36)14-4-2-1-3-11-29-12-5-6-13-29/h5,7-8,12,18-19,21-22,24-25,28-29,31,34,36-37,41H,1-4,6,9-11,13-17,20,23,26-27H2,(H,42,43)/b8-7+/t29-,31+,34-,36+,37+,40+/m1/s1. The monoisotopic (exact) mass is 580 g/mol. The van der Waals surface area contributed by atoms with Crippen LogP contribution in [0.3, 0.4) is 0 Å². The summed E-state index contributed by atoms with van der Waals surface area (Å²) in [6, 6.07) is 15.1. The molecule has 0 unspecified atom stereocenters. The highest BCUT2D eigenvalue weighted by Crippen LogP contribution is 2.56. The Bertz CT molecular complexity index is 1290. The lowest BCUT2D eigenvalue weighted by Gasteiger charge is -2.52. The Morgan fingerprint density at radius 3 is 2.47 bits per heavy atom. The molecule has 0 heterocycles. The van der Waals surface area contributed by atoms with E-state index in [1.54, 1.807) is 0 Å². The summed E-state index contributed by atoms with van der Waals surface area (Å²) in [6.07, 6.45) is 28.9. The molecule has 4 aliphatic rings. The average Bonchev–Trinajstić information content (AvgIpc) is 3.54. The minimum absolute atomic E-state index is 0.251. The van der Waals surface area contributed by atoms with E-state index in [0.29, 0.717) is 29.9 Å². The van der Waals surface area contributed by atoms with Gasteiger partial charge in [-0.2, -0.15) is 0 Å². The summed E-state index contributed by atoms with van der Waals surface area (Å²) in [5.74, 6) is 1.47. The Hall–Kier alpha value is -2.81. The topological polar surface area (TPSA) is 57.5 Å². The molecule has 0 aromatic heterocycles. The van der Waals surface area contributed by atoms with E-state index in [1.807, 2.05) is 12.1 Å². The van der Waals surface area contributed by atoms with Gasteiger partial charge in [-0.3, -0.25) is 4.79 Å². The van der Waals surface area contributed by atoms with Gasteiger partial charge in [0.1, 0.15) is 5.75 Å². The smallest absolute Gasteiger partial charge is 0.307 e. The fraction of sp³-hybridized carbons (Fsp3) is 0.575. The third kappa shape index (κ3) is 6.66. The Morgan fingerprint density at radius 2 is 1.67 bits per heavy atom. The van der Waals surface area contributed by atoms with Crippen molar-refractivity contribution in [3.05, 3.63) is 89.0 Å². The summed E-state index contributed by atoms with van der Waals surface area (Å²) >= 11 is 0. The van der Waals surface area contributed by atoms with Gasteiger partial charge in [-0.1, -0.05) is 93.2 Å². The number of hydrogen-bond donors (Lipinski definition) is 2. The van der Waals surface area contributed by atoms with Gasteiger partial charge in [0.15, 0.2) is 0 Å². The zero-order valence-corrected chi connectivity index (χ0v) is 26.1. The SMILES string of the molecule is O=C(O)[C@@H]1C/C=C/C[C@H](CCCCCC[C@@H]2C=CCC2)[C@@H](c2ccc(O)cc2)Cc2ccc3c(c2)[C@]12CCCC[C@@H]2CC3. The number of fused-ring (bicyclic) bond motifs is 1. The molecular weight excluding hydrogens is 528 g/mol. The lowest BCUT2D eigenvalue weighted by molar-refractivity contribution is -0.146. The fourth-order valence-corrected chi connectivity index (χ4v) is 9.56. The molecule has 2 bridgehead atoms. The maximum atomic E-state index is 13.0. The zero-order chi connectivity index (χ0) is 29.6. The first-order chi connectivity index (χ1) is 21.0. The molecule has 0 radical (unpaired) electrons. The molecule has 230 valence electrons. The molecule has 3 nitrogen and oxygen atoms in total. The van der Waals surface area contributed by atoms with E-state index in [1.165, 1.54) is 80.0 Å². The third-order valence-corrected chi connectivity index (χ3v) is 11.8. The summed E-state index contributed by atoms with van der Waals surface area (Å²) in [5.41, 5.74) is 5.16. The van der Waals surface area contributed by atoms with Gasteiger partial charge in [-0.05, 0) is 129 Å². The minimum Gasteiger partial charge on any atom is -0.508 e. The van der Waals surface area contributed by atoms with Crippen LogP contribution in [0.2, 0.25) is 0 Å². The summed E-state index contributed by atoms with van der Waals surface area (Å²) in [7, 11) is 0. The molecule has 43 heavy (non-hydrogen) atoms. The van der Waals surface area contributed by atoms with E-state index in [4.69, 9.17) is 0 Å². The van der Waals surface area contributed by atoms with Crippen molar-refractivity contribution in [3.63, 3.8) is 0 Å². The highest BCUT2D eigenvalue weighted by Gasteiger charge is 2.52. The maximum Gasteiger partial charge on any atom is 0.307 e. The number of aliphatic carboxylic acids is 1. The van der Waals surface area contributed by atoms with Crippen LogP contribution in [0.1, 0.15) is 124 Å². The molecule has 3 heteroatoms. The van der Waals surface area contributed by atoms with E-state index in [2.05, 4.69) is 54.6 Å². The van der Waals surface area contributed by atoms with E-state index in [0.717, 1.165) is 50.9 Å². The first-order valence-corrected chi connectivity index (χ1v) is 17.5. The Labute approximate surface area is 259 Å². The third-order valence-electron chi connectivity index (χ3n) is 11.8. The van der Waals surface area contributed by atoms with Crippen LogP contribution in [0.25, 0.3) is 0 Å². The molecule has 6 rings (SSSR count). The van der Waals surface area contributed by atoms with Gasteiger partial charge < -0.3 is 10.2 Å². The molecule has 4 aliphatic carbocycles. The van der Waals surface area contributed by atoms with Crippen LogP contribution in [0.15, 0.2) is 66.8 Å². The Balaban J connectivity index is 1.28. The number of unbranched alkanes of at least 4 members (excludes halogenated alkanes) is 3. The molecule has 0 amide bonds. The first kappa shape index (κ1) is 30.2. The van der Waals surface area contributed by atoms with E-state index in [-0.39, 0.29) is 11.3 Å². The summed E-state index contributed by atoms with van der Waals surface area (Å²) < 4.78 is 0. The molecule has 2 aromatic rings. The normalized spacial score (nSPS) is 31.0. The van der Waals surface area contributed by atoms with Crippen molar-refractivity contribution < 1.29 is 15.0 Å². The second-order valence-electron chi connectivity index (χ2n) is 14.3. The van der Waals surface area contributed by atoms with Gasteiger partial charge in [0.2, 0.25) is 0 Å². The van der Waals surface area contributed by atoms with E-state index < -0.39 is 5.97 Å². The zero-order valence-electron chi connectivity index (χ0n) is 26.1. The highest BCUT2D eigenvalue weighted by atomic mass is 16.4. The number of carboxylic acid groups (broad SMARTS) is 1. The fourth-order valence-electron chi connectivity index (χ4n) is 9.56. The van der Waals surface area contributed by atoms with Crippen molar-refractivity contribution in [2.45, 2.75) is 120 Å². The van der Waals surface area contributed by atoms with Crippen LogP contribution in [-0.4, -0.2) is 16.2 Å². The number of carboxylic acids is 1. The van der Waals surface area contributed by atoms with Crippen molar-refractivity contribution in [2.75, 3.05) is 0 Å². The molecule has 1 saturated carbocycles. The van der Waals surface area contributed by atoms with Gasteiger partial charge in [0.05, 0.1) is 5.92 Å². The molecular formula is C40H52O3. The number of benzene rings is 2. The molecule has 2 N–H and O–H groups in total. The Morgan fingerprint density at radius 1 is 0.860 bits per heavy atom. The minimum atomic E-state index is -0.613. The van der Waals surface area contributed by atoms with Gasteiger partial charge in [-0.15, -0.1) is 0 Å². The highest BCUT2D eigenvalue weighted by molar-refractivity contribution is 5.73. The van der Waals surface area contributed by atoms with Crippen LogP contribution in [0.4, 0.5) is 0 Å². The molecule has 0 saturated heterocycles. The number of aromatic hydroxyl groups is 1. The van der Waals surface area contributed by atoms with Crippen molar-refractivity contribution in [2.24, 2.45) is 23.7 Å². The molecule has 6 atom stereocenters. The van der Waals surface area contributed by atoms with E-state index in [9.17, 15) is 15.0 Å². The number of rotatable bonds is 9. The largest absolute Gasteiger partial charge is 0.508 e. The molecule has 1 spiro atoms. The second-order valence-corrected chi connectivity index (χ2v) is 14.3. The van der Waals surface area contributed by atoms with Crippen LogP contribution < -0.4 is 0 Å². The number of phenolic OH excluding ortho intramolecular Hbond substituents is 1. The van der Waals surface area contributed by atoms with Gasteiger partial charge in [0.25, 0.3) is 0 Å². The average molecular weight is 581 g/mol. The van der Waals surface area contributed by atoms with Gasteiger partial charge >= 0.3 is 5.97 Å². The van der Waals surface area contributed by atoms with Crippen molar-refractivity contribution in [1.82, 2.24) is 0 Å². The van der Waals surface area contributed by atoms with Crippen molar-refractivity contribution in [1.29, 1.82) is 0 Å². The van der Waals surface area contributed by atoms with Crippen LogP contribution in [0, 0.1) is 23.7 Å². The maximum absolute atomic E-state index is 13.0. The number of phenols is 1. The van der Waals surface area contributed by atoms with Crippen molar-refractivity contribution in [3.8, 4) is 5.75 Å². The predicted octanol–water partition coefficient (Wildman–Crippen LogP) is 10.1. The lowest BCUT2D eigenvalue weighted by atomic mass is 9.51. The second kappa shape index (κ2) is 13.9. The summed E-state index contributed by atoms with van der Waals surface area (Å²) in [6.45, 7) is 0. The number of hydrogen-bond acceptors (Lipinski definition) is 2. The lowest BCUT2D eigenvalue weighted by Crippen LogP contribution is -2.50. The van der Waals surface area contributed by atoms with Crippen LogP contribution >= 0.6 is 0 Å². The van der Waals surface area contributed by atoms with E-state index >= 15 is 0 Å². The number of carbonyl (C=O) groups is 1. The summed E-state index contributed by atoms with van der Waals surface area (Å²) in [5, 5.41) is 20.8. The first-order valence-electron chi connectivity index (χ1n) is 17.5. The quantitative estimate of drug-likeness (QED) is 0.229. The van der Waals surface area contributed by atoms with Gasteiger partial charge in [-0.25, -0.2) is 0 Å². The Kier molecular flexibility index (Phi) is 9.75. The molecule has 1 fully saturated rings. The van der Waals surface area contributed by atoms with Gasteiger partial charge in [0, 0.05) is 5.41 Å². The van der Waals surface area contributed by atoms with Crippen molar-refractivity contribution >= 4 is 5.97 Å². The molecule has 2 aromatic carbocycles. The van der Waals surface area contributed by atoms with Crippen LogP contribution in [-0.2, 0) is 23.1 Å². The predicted molar refractivity (Wildman–Crippen MR) is 176 cm³/mol. The number of aryl methyl sites for hydroxylation is 1. The molecule has 0 aliphatic heterocycles.